The van der Waals surface area contributed by atoms with Gasteiger partial charge in [0.25, 0.3) is 0 Å². The molecule has 0 aromatic carbocycles. The van der Waals surface area contributed by atoms with Crippen LogP contribution in [0.1, 0.15) is 37.3 Å². The third-order valence-electron chi connectivity index (χ3n) is 5.02. The molecule has 4 heterocycles. The van der Waals surface area contributed by atoms with E-state index in [-0.39, 0.29) is 0 Å². The first-order valence-corrected chi connectivity index (χ1v) is 8.66. The Bertz CT molecular complexity index is 849. The van der Waals surface area contributed by atoms with Crippen LogP contribution in [-0.4, -0.2) is 48.0 Å². The second kappa shape index (κ2) is 5.54. The van der Waals surface area contributed by atoms with E-state index >= 15 is 0 Å². The maximum Gasteiger partial charge on any atom is 0.182 e. The monoisotopic (exact) mass is 324 g/mol. The Labute approximate surface area is 139 Å². The lowest BCUT2D eigenvalue weighted by molar-refractivity contribution is 0.347. The molecule has 0 bridgehead atoms. The Morgan fingerprint density at radius 3 is 3.04 bits per heavy atom. The molecule has 1 saturated heterocycles. The Kier molecular flexibility index (Phi) is 3.20. The van der Waals surface area contributed by atoms with Gasteiger partial charge in [0.1, 0.15) is 11.8 Å². The summed E-state index contributed by atoms with van der Waals surface area (Å²) in [6.45, 7) is 2.92. The highest BCUT2D eigenvalue weighted by molar-refractivity contribution is 5.82. The van der Waals surface area contributed by atoms with E-state index in [1.54, 1.807) is 12.7 Å². The van der Waals surface area contributed by atoms with Gasteiger partial charge in [-0.15, -0.1) is 5.10 Å². The molecule has 5 rings (SSSR count). The topological polar surface area (TPSA) is 88.4 Å². The summed E-state index contributed by atoms with van der Waals surface area (Å²) < 4.78 is 2.02. The summed E-state index contributed by atoms with van der Waals surface area (Å²) in [6, 6.07) is 0. The molecular weight excluding hydrogens is 304 g/mol. The predicted molar refractivity (Wildman–Crippen MR) is 88.6 cm³/mol. The van der Waals surface area contributed by atoms with Crippen molar-refractivity contribution in [3.8, 4) is 0 Å². The number of aromatic amines is 1. The zero-order chi connectivity index (χ0) is 15.9. The van der Waals surface area contributed by atoms with Crippen molar-refractivity contribution in [3.05, 3.63) is 24.5 Å². The molecule has 1 aliphatic heterocycles. The van der Waals surface area contributed by atoms with Crippen LogP contribution in [0, 0.1) is 5.92 Å². The van der Waals surface area contributed by atoms with E-state index in [9.17, 15) is 0 Å². The third kappa shape index (κ3) is 2.51. The van der Waals surface area contributed by atoms with Crippen molar-refractivity contribution < 1.29 is 0 Å². The number of aromatic nitrogens is 7. The minimum absolute atomic E-state index is 0.556. The first-order valence-electron chi connectivity index (χ1n) is 8.66. The molecule has 124 valence electrons. The molecule has 2 aliphatic rings. The molecule has 24 heavy (non-hydrogen) atoms. The molecule has 1 unspecified atom stereocenters. The number of rotatable bonds is 4. The quantitative estimate of drug-likeness (QED) is 0.786. The summed E-state index contributed by atoms with van der Waals surface area (Å²) in [6.07, 6.45) is 10.3. The molecule has 8 nitrogen and oxygen atoms in total. The smallest absolute Gasteiger partial charge is 0.182 e. The highest BCUT2D eigenvalue weighted by atomic mass is 15.4. The molecule has 1 atom stereocenters. The van der Waals surface area contributed by atoms with Crippen molar-refractivity contribution in [2.24, 2.45) is 5.92 Å². The van der Waals surface area contributed by atoms with E-state index in [4.69, 9.17) is 0 Å². The van der Waals surface area contributed by atoms with Crippen LogP contribution in [0.25, 0.3) is 11.2 Å². The lowest BCUT2D eigenvalue weighted by atomic mass is 9.98. The Morgan fingerprint density at radius 2 is 2.12 bits per heavy atom. The van der Waals surface area contributed by atoms with Crippen LogP contribution in [0.2, 0.25) is 0 Å². The van der Waals surface area contributed by atoms with E-state index in [2.05, 4.69) is 41.3 Å². The van der Waals surface area contributed by atoms with E-state index in [0.717, 1.165) is 48.7 Å². The van der Waals surface area contributed by atoms with Gasteiger partial charge in [-0.05, 0) is 31.6 Å². The summed E-state index contributed by atoms with van der Waals surface area (Å²) in [5.74, 6) is 2.18. The van der Waals surface area contributed by atoms with Crippen molar-refractivity contribution in [2.75, 3.05) is 18.0 Å². The summed E-state index contributed by atoms with van der Waals surface area (Å²) in [4.78, 5) is 18.4. The van der Waals surface area contributed by atoms with Gasteiger partial charge < -0.3 is 9.88 Å². The van der Waals surface area contributed by atoms with Crippen LogP contribution in [0.3, 0.4) is 0 Å². The van der Waals surface area contributed by atoms with Crippen LogP contribution in [-0.2, 0) is 6.54 Å². The number of fused-ring (bicyclic) bond motifs is 1. The Balaban J connectivity index is 1.33. The first-order chi connectivity index (χ1) is 11.9. The van der Waals surface area contributed by atoms with Crippen LogP contribution in [0.4, 0.5) is 5.82 Å². The summed E-state index contributed by atoms with van der Waals surface area (Å²) in [5, 5.41) is 8.64. The Hall–Kier alpha value is -2.51. The molecule has 0 spiro atoms. The minimum atomic E-state index is 0.556. The molecule has 0 radical (unpaired) electrons. The van der Waals surface area contributed by atoms with Crippen LogP contribution in [0.5, 0.6) is 0 Å². The van der Waals surface area contributed by atoms with Crippen molar-refractivity contribution in [2.45, 2.75) is 38.1 Å². The van der Waals surface area contributed by atoms with Gasteiger partial charge in [-0.25, -0.2) is 15.0 Å². The maximum absolute atomic E-state index is 4.49. The molecule has 1 saturated carbocycles. The molecule has 1 aliphatic carbocycles. The number of nitrogens with zero attached hydrogens (tertiary/aromatic N) is 7. The van der Waals surface area contributed by atoms with Gasteiger partial charge in [-0.3, -0.25) is 4.68 Å². The fraction of sp³-hybridized carbons (Fsp3) is 0.562. The lowest BCUT2D eigenvalue weighted by Crippen LogP contribution is -2.37. The van der Waals surface area contributed by atoms with E-state index in [1.807, 2.05) is 4.68 Å². The standard InChI is InChI=1S/C16H20N8/c1-2-11(7-24-8-13(21-22-24)12-3-4-12)6-23(5-1)16-14-15(18-9-17-14)19-10-20-16/h8-12H,1-7H2,(H,17,18,19,20). The van der Waals surface area contributed by atoms with Gasteiger partial charge in [0.15, 0.2) is 11.5 Å². The van der Waals surface area contributed by atoms with E-state index in [1.165, 1.54) is 19.3 Å². The first kappa shape index (κ1) is 13.9. The third-order valence-corrected chi connectivity index (χ3v) is 5.02. The fourth-order valence-electron chi connectivity index (χ4n) is 3.63. The lowest BCUT2D eigenvalue weighted by Gasteiger charge is -2.33. The molecule has 0 amide bonds. The summed E-state index contributed by atoms with van der Waals surface area (Å²) in [5.41, 5.74) is 2.82. The zero-order valence-electron chi connectivity index (χ0n) is 13.5. The van der Waals surface area contributed by atoms with Crippen LogP contribution >= 0.6 is 0 Å². The molecule has 3 aromatic rings. The SMILES string of the molecule is c1nc(N2CCCC(Cn3cc(C4CC4)nn3)C2)c2[nH]cnc2n1. The highest BCUT2D eigenvalue weighted by Crippen LogP contribution is 2.38. The minimum Gasteiger partial charge on any atom is -0.354 e. The van der Waals surface area contributed by atoms with Crippen LogP contribution < -0.4 is 4.90 Å². The van der Waals surface area contributed by atoms with Gasteiger partial charge in [-0.1, -0.05) is 5.21 Å². The number of hydrogen-bond acceptors (Lipinski definition) is 6. The second-order valence-electron chi connectivity index (χ2n) is 6.89. The van der Waals surface area contributed by atoms with Crippen LogP contribution in [0.15, 0.2) is 18.9 Å². The van der Waals surface area contributed by atoms with Crippen molar-refractivity contribution in [3.63, 3.8) is 0 Å². The fourth-order valence-corrected chi connectivity index (χ4v) is 3.63. The summed E-state index contributed by atoms with van der Waals surface area (Å²) in [7, 11) is 0. The number of nitrogens with one attached hydrogen (secondary N) is 1. The van der Waals surface area contributed by atoms with E-state index in [0.29, 0.717) is 11.8 Å². The maximum atomic E-state index is 4.49. The van der Waals surface area contributed by atoms with Gasteiger partial charge in [0.05, 0.1) is 12.0 Å². The molecule has 3 aromatic heterocycles. The average molecular weight is 324 g/mol. The average Bonchev–Trinajstić information content (AvgIpc) is 3.16. The molecule has 8 heteroatoms. The van der Waals surface area contributed by atoms with Gasteiger partial charge in [-0.2, -0.15) is 0 Å². The molecular formula is C16H20N8. The highest BCUT2D eigenvalue weighted by Gasteiger charge is 2.28. The van der Waals surface area contributed by atoms with Crippen molar-refractivity contribution in [1.29, 1.82) is 0 Å². The number of imidazole rings is 1. The summed E-state index contributed by atoms with van der Waals surface area (Å²) >= 11 is 0. The largest absolute Gasteiger partial charge is 0.354 e. The number of hydrogen-bond donors (Lipinski definition) is 1. The Morgan fingerprint density at radius 1 is 1.17 bits per heavy atom. The normalized spacial score (nSPS) is 21.5. The number of H-pyrrole nitrogens is 1. The van der Waals surface area contributed by atoms with Crippen molar-refractivity contribution >= 4 is 17.0 Å². The predicted octanol–water partition coefficient (Wildman–Crippen LogP) is 1.74. The molecule has 2 fully saturated rings. The van der Waals surface area contributed by atoms with E-state index < -0.39 is 0 Å². The number of piperidine rings is 1. The molecule has 1 N–H and O–H groups in total. The van der Waals surface area contributed by atoms with Gasteiger partial charge >= 0.3 is 0 Å². The van der Waals surface area contributed by atoms with Gasteiger partial charge in [0, 0.05) is 31.7 Å². The van der Waals surface area contributed by atoms with Crippen molar-refractivity contribution in [1.82, 2.24) is 34.9 Å². The second-order valence-corrected chi connectivity index (χ2v) is 6.89. The number of anilines is 1. The zero-order valence-corrected chi connectivity index (χ0v) is 13.5. The van der Waals surface area contributed by atoms with Gasteiger partial charge in [0.2, 0.25) is 0 Å².